The zero-order chi connectivity index (χ0) is 16.6. The van der Waals surface area contributed by atoms with Crippen LogP contribution in [0.3, 0.4) is 0 Å². The van der Waals surface area contributed by atoms with E-state index in [1.165, 1.54) is 28.7 Å². The van der Waals surface area contributed by atoms with Crippen LogP contribution in [0.5, 0.6) is 0 Å². The molecule has 2 N–H and O–H groups in total. The van der Waals surface area contributed by atoms with Gasteiger partial charge in [-0.1, -0.05) is 18.2 Å². The van der Waals surface area contributed by atoms with E-state index in [0.717, 1.165) is 0 Å². The molecule has 0 fully saturated rings. The molecule has 7 heteroatoms. The van der Waals surface area contributed by atoms with Gasteiger partial charge >= 0.3 is 0 Å². The van der Waals surface area contributed by atoms with E-state index in [4.69, 9.17) is 5.73 Å². The first kappa shape index (κ1) is 14.3. The van der Waals surface area contributed by atoms with Crippen LogP contribution in [0.25, 0.3) is 5.52 Å². The first-order valence-corrected chi connectivity index (χ1v) is 6.62. The van der Waals surface area contributed by atoms with E-state index >= 15 is 0 Å². The van der Waals surface area contributed by atoms with Crippen LogP contribution in [0, 0.1) is 21.4 Å². The molecule has 112 valence electrons. The van der Waals surface area contributed by atoms with E-state index in [1.54, 1.807) is 24.4 Å². The second kappa shape index (κ2) is 5.27. The highest BCUT2D eigenvalue weighted by Crippen LogP contribution is 2.28. The van der Waals surface area contributed by atoms with Gasteiger partial charge in [0.25, 0.3) is 5.69 Å². The third kappa shape index (κ3) is 2.18. The van der Waals surface area contributed by atoms with Gasteiger partial charge in [-0.15, -0.1) is 0 Å². The van der Waals surface area contributed by atoms with Gasteiger partial charge in [-0.3, -0.25) is 14.9 Å². The first-order valence-electron chi connectivity index (χ1n) is 6.62. The number of benzene rings is 1. The Morgan fingerprint density at radius 2 is 2.04 bits per heavy atom. The highest BCUT2D eigenvalue weighted by molar-refractivity contribution is 6.13. The van der Waals surface area contributed by atoms with Crippen molar-refractivity contribution < 1.29 is 9.72 Å². The van der Waals surface area contributed by atoms with Gasteiger partial charge in [0.15, 0.2) is 0 Å². The molecular formula is C16H10N4O3. The van der Waals surface area contributed by atoms with E-state index in [9.17, 15) is 20.2 Å². The molecule has 23 heavy (non-hydrogen) atoms. The highest BCUT2D eigenvalue weighted by Gasteiger charge is 2.23. The van der Waals surface area contributed by atoms with E-state index < -0.39 is 10.7 Å². The summed E-state index contributed by atoms with van der Waals surface area (Å²) in [5, 5.41) is 20.1. The number of fused-ring (bicyclic) bond motifs is 1. The fourth-order valence-corrected chi connectivity index (χ4v) is 2.47. The topological polar surface area (TPSA) is 114 Å². The van der Waals surface area contributed by atoms with Crippen molar-refractivity contribution in [2.75, 3.05) is 5.73 Å². The lowest BCUT2D eigenvalue weighted by atomic mass is 10.1. The molecule has 0 aliphatic carbocycles. The van der Waals surface area contributed by atoms with E-state index in [-0.39, 0.29) is 28.2 Å². The Kier molecular flexibility index (Phi) is 3.27. The molecule has 2 heterocycles. The number of ketones is 1. The van der Waals surface area contributed by atoms with Gasteiger partial charge in [-0.2, -0.15) is 5.26 Å². The molecule has 0 radical (unpaired) electrons. The number of nitriles is 1. The summed E-state index contributed by atoms with van der Waals surface area (Å²) in [6.07, 6.45) is 1.62. The zero-order valence-electron chi connectivity index (χ0n) is 11.8. The minimum atomic E-state index is -0.572. The Morgan fingerprint density at radius 1 is 1.26 bits per heavy atom. The predicted molar refractivity (Wildman–Crippen MR) is 83.1 cm³/mol. The Balaban J connectivity index is 2.23. The van der Waals surface area contributed by atoms with Crippen molar-refractivity contribution in [2.45, 2.75) is 0 Å². The molecule has 0 spiro atoms. The molecule has 0 amide bonds. The molecule has 3 aromatic rings. The molecule has 3 rings (SSSR count). The van der Waals surface area contributed by atoms with Crippen LogP contribution < -0.4 is 5.73 Å². The molecular weight excluding hydrogens is 296 g/mol. The number of anilines is 1. The standard InChI is InChI=1S/C16H10N4O3/c17-9-12-13-6-1-2-7-19(13)15(14(12)18)16(21)10-4-3-5-11(8-10)20(22)23/h1-8H,18H2. The molecule has 0 bridgehead atoms. The van der Waals surface area contributed by atoms with Crippen molar-refractivity contribution in [1.82, 2.24) is 4.40 Å². The maximum absolute atomic E-state index is 12.8. The Morgan fingerprint density at radius 3 is 2.74 bits per heavy atom. The van der Waals surface area contributed by atoms with E-state index in [0.29, 0.717) is 5.52 Å². The number of pyridine rings is 1. The van der Waals surface area contributed by atoms with Crippen LogP contribution in [-0.2, 0) is 0 Å². The first-order chi connectivity index (χ1) is 11.0. The van der Waals surface area contributed by atoms with Crippen LogP contribution in [0.2, 0.25) is 0 Å². The molecule has 0 atom stereocenters. The van der Waals surface area contributed by atoms with Gasteiger partial charge in [0.2, 0.25) is 5.78 Å². The average molecular weight is 306 g/mol. The summed E-state index contributed by atoms with van der Waals surface area (Å²) in [7, 11) is 0. The molecule has 0 aliphatic rings. The summed E-state index contributed by atoms with van der Waals surface area (Å²) >= 11 is 0. The summed E-state index contributed by atoms with van der Waals surface area (Å²) in [5.41, 5.74) is 6.83. The summed E-state index contributed by atoms with van der Waals surface area (Å²) in [5.74, 6) is -0.478. The summed E-state index contributed by atoms with van der Waals surface area (Å²) in [6, 6.07) is 12.5. The third-order valence-corrected chi connectivity index (χ3v) is 3.53. The monoisotopic (exact) mass is 306 g/mol. The van der Waals surface area contributed by atoms with Crippen molar-refractivity contribution in [3.05, 3.63) is 75.6 Å². The van der Waals surface area contributed by atoms with Crippen molar-refractivity contribution in [3.63, 3.8) is 0 Å². The van der Waals surface area contributed by atoms with E-state index in [2.05, 4.69) is 0 Å². The highest BCUT2D eigenvalue weighted by atomic mass is 16.6. The second-order valence-electron chi connectivity index (χ2n) is 4.84. The maximum Gasteiger partial charge on any atom is 0.270 e. The van der Waals surface area contributed by atoms with Gasteiger partial charge in [0.05, 0.1) is 16.1 Å². The number of non-ortho nitro benzene ring substituents is 1. The Labute approximate surface area is 130 Å². The minimum Gasteiger partial charge on any atom is -0.396 e. The van der Waals surface area contributed by atoms with Gasteiger partial charge in [-0.25, -0.2) is 0 Å². The van der Waals surface area contributed by atoms with Crippen LogP contribution >= 0.6 is 0 Å². The minimum absolute atomic E-state index is 0.0650. The summed E-state index contributed by atoms with van der Waals surface area (Å²) in [6.45, 7) is 0. The van der Waals surface area contributed by atoms with Gasteiger partial charge < -0.3 is 10.1 Å². The maximum atomic E-state index is 12.8. The molecule has 1 aromatic carbocycles. The zero-order valence-corrected chi connectivity index (χ0v) is 11.8. The molecule has 0 saturated heterocycles. The predicted octanol–water partition coefficient (Wildman–Crippen LogP) is 2.53. The lowest BCUT2D eigenvalue weighted by Crippen LogP contribution is -2.08. The number of nitro groups is 1. The number of rotatable bonds is 3. The SMILES string of the molecule is N#Cc1c(N)c(C(=O)c2cccc([N+](=O)[O-])c2)n2ccccc12. The third-order valence-electron chi connectivity index (χ3n) is 3.53. The van der Waals surface area contributed by atoms with Gasteiger partial charge in [0, 0.05) is 23.9 Å². The van der Waals surface area contributed by atoms with Crippen molar-refractivity contribution >= 4 is 22.7 Å². The van der Waals surface area contributed by atoms with E-state index in [1.807, 2.05) is 6.07 Å². The smallest absolute Gasteiger partial charge is 0.270 e. The van der Waals surface area contributed by atoms with Crippen LogP contribution in [0.4, 0.5) is 11.4 Å². The molecule has 0 saturated carbocycles. The van der Waals surface area contributed by atoms with Crippen molar-refractivity contribution in [2.24, 2.45) is 0 Å². The molecule has 7 nitrogen and oxygen atoms in total. The fourth-order valence-electron chi connectivity index (χ4n) is 2.47. The van der Waals surface area contributed by atoms with Gasteiger partial charge in [-0.05, 0) is 12.1 Å². The number of carbonyl (C=O) groups is 1. The van der Waals surface area contributed by atoms with Crippen LogP contribution in [0.15, 0.2) is 48.7 Å². The summed E-state index contributed by atoms with van der Waals surface area (Å²) in [4.78, 5) is 23.0. The fraction of sp³-hybridized carbons (Fsp3) is 0. The van der Waals surface area contributed by atoms with Crippen molar-refractivity contribution in [3.8, 4) is 6.07 Å². The summed E-state index contributed by atoms with van der Waals surface area (Å²) < 4.78 is 1.52. The number of hydrogen-bond acceptors (Lipinski definition) is 5. The number of nitrogens with two attached hydrogens (primary N) is 1. The number of carbonyl (C=O) groups excluding carboxylic acids is 1. The number of nitrogen functional groups attached to an aromatic ring is 1. The van der Waals surface area contributed by atoms with Gasteiger partial charge in [0.1, 0.15) is 17.3 Å². The molecule has 0 aliphatic heterocycles. The lowest BCUT2D eigenvalue weighted by molar-refractivity contribution is -0.384. The van der Waals surface area contributed by atoms with Crippen LogP contribution in [-0.4, -0.2) is 15.1 Å². The molecule has 2 aromatic heterocycles. The number of aromatic nitrogens is 1. The van der Waals surface area contributed by atoms with Crippen molar-refractivity contribution in [1.29, 1.82) is 5.26 Å². The van der Waals surface area contributed by atoms with Crippen LogP contribution in [0.1, 0.15) is 21.6 Å². The Hall–Kier alpha value is -3.66. The normalized spacial score (nSPS) is 10.4. The Bertz CT molecular complexity index is 998. The molecule has 0 unspecified atom stereocenters. The number of nitro benzene ring substituents is 1. The average Bonchev–Trinajstić information content (AvgIpc) is 2.85. The number of hydrogen-bond donors (Lipinski definition) is 1. The largest absolute Gasteiger partial charge is 0.396 e. The quantitative estimate of drug-likeness (QED) is 0.453. The second-order valence-corrected chi connectivity index (χ2v) is 4.84. The lowest BCUT2D eigenvalue weighted by Gasteiger charge is -2.03. The number of nitrogens with zero attached hydrogens (tertiary/aromatic N) is 3.